The molecule has 0 aromatic heterocycles. The molecule has 9 heteroatoms. The minimum absolute atomic E-state index is 0.00623. The first-order valence-corrected chi connectivity index (χ1v) is 15.1. The van der Waals surface area contributed by atoms with E-state index in [1.54, 1.807) is 19.2 Å². The number of halogens is 3. The Morgan fingerprint density at radius 3 is 2.36 bits per heavy atom. The Kier molecular flexibility index (Phi) is 8.81. The van der Waals surface area contributed by atoms with E-state index < -0.39 is 17.9 Å². The zero-order chi connectivity index (χ0) is 27.6. The van der Waals surface area contributed by atoms with Crippen LogP contribution < -0.4 is 10.5 Å². The predicted molar refractivity (Wildman–Crippen MR) is 156 cm³/mol. The lowest BCUT2D eigenvalue weighted by molar-refractivity contribution is -0.150. The quantitative estimate of drug-likeness (QED) is 0.277. The first-order valence-electron chi connectivity index (χ1n) is 13.5. The molecule has 1 saturated heterocycles. The van der Waals surface area contributed by atoms with Crippen LogP contribution in [0, 0.1) is 0 Å². The highest BCUT2D eigenvalue weighted by Gasteiger charge is 2.50. The summed E-state index contributed by atoms with van der Waals surface area (Å²) in [6.45, 7) is 0.763. The van der Waals surface area contributed by atoms with Crippen LogP contribution in [0.25, 0.3) is 10.8 Å². The number of carbonyl (C=O) groups is 1. The minimum Gasteiger partial charge on any atom is -0.490 e. The predicted octanol–water partition coefficient (Wildman–Crippen LogP) is 6.97. The van der Waals surface area contributed by atoms with Crippen molar-refractivity contribution >= 4 is 44.6 Å². The molecular weight excluding hydrogens is 584 g/mol. The molecule has 0 spiro atoms. The number of piperidine rings is 1. The second-order valence-electron chi connectivity index (χ2n) is 10.5. The molecule has 1 aliphatic heterocycles. The summed E-state index contributed by atoms with van der Waals surface area (Å²) in [5, 5.41) is 2.01. The van der Waals surface area contributed by atoms with Crippen molar-refractivity contribution in [3.63, 3.8) is 0 Å². The van der Waals surface area contributed by atoms with E-state index in [0.717, 1.165) is 46.2 Å². The SMILES string of the molecule is CN(Sc1ccc2cc(OC3CCCC3)ccc2c1)C(C(=O)N1CCC(N)CC1)C(F)(F)c1ccc(Br)cc1. The number of nitrogens with two attached hydrogens (primary N) is 1. The van der Waals surface area contributed by atoms with Crippen LogP contribution in [0.15, 0.2) is 70.0 Å². The average Bonchev–Trinajstić information content (AvgIpc) is 3.42. The van der Waals surface area contributed by atoms with Crippen LogP contribution >= 0.6 is 27.9 Å². The van der Waals surface area contributed by atoms with Crippen LogP contribution in [0.5, 0.6) is 5.75 Å². The Labute approximate surface area is 241 Å². The summed E-state index contributed by atoms with van der Waals surface area (Å²) in [7, 11) is 1.57. The first-order chi connectivity index (χ1) is 18.7. The lowest BCUT2D eigenvalue weighted by Crippen LogP contribution is -2.55. The molecule has 2 N–H and O–H groups in total. The zero-order valence-corrected chi connectivity index (χ0v) is 24.4. The van der Waals surface area contributed by atoms with Crippen molar-refractivity contribution < 1.29 is 18.3 Å². The lowest BCUT2D eigenvalue weighted by Gasteiger charge is -2.38. The number of nitrogens with zero attached hydrogens (tertiary/aromatic N) is 2. The van der Waals surface area contributed by atoms with E-state index in [4.69, 9.17) is 10.5 Å². The van der Waals surface area contributed by atoms with Gasteiger partial charge in [0.05, 0.1) is 6.10 Å². The normalized spacial score (nSPS) is 18.2. The fourth-order valence-corrected chi connectivity index (χ4v) is 6.64. The van der Waals surface area contributed by atoms with Gasteiger partial charge < -0.3 is 15.4 Å². The molecule has 5 rings (SSSR count). The summed E-state index contributed by atoms with van der Waals surface area (Å²) in [4.78, 5) is 16.0. The van der Waals surface area contributed by atoms with E-state index in [1.807, 2.05) is 36.4 Å². The van der Waals surface area contributed by atoms with Crippen molar-refractivity contribution in [1.29, 1.82) is 0 Å². The molecule has 5 nitrogen and oxygen atoms in total. The Hall–Kier alpha value is -2.20. The van der Waals surface area contributed by atoms with E-state index in [1.165, 1.54) is 34.2 Å². The number of likely N-dealkylation sites (N-methyl/N-ethyl adjacent to an activating group) is 1. The third-order valence-electron chi connectivity index (χ3n) is 7.66. The molecule has 1 atom stereocenters. The van der Waals surface area contributed by atoms with E-state index in [2.05, 4.69) is 15.9 Å². The van der Waals surface area contributed by atoms with Gasteiger partial charge in [-0.25, -0.2) is 4.31 Å². The van der Waals surface area contributed by atoms with Gasteiger partial charge in [-0.3, -0.25) is 4.79 Å². The maximum Gasteiger partial charge on any atom is 0.298 e. The molecule has 39 heavy (non-hydrogen) atoms. The second kappa shape index (κ2) is 12.1. The zero-order valence-electron chi connectivity index (χ0n) is 22.0. The maximum atomic E-state index is 16.1. The number of fused-ring (bicyclic) bond motifs is 1. The van der Waals surface area contributed by atoms with E-state index in [9.17, 15) is 4.79 Å². The van der Waals surface area contributed by atoms with Gasteiger partial charge in [0.25, 0.3) is 5.92 Å². The van der Waals surface area contributed by atoms with Crippen molar-refractivity contribution in [3.05, 3.63) is 70.7 Å². The summed E-state index contributed by atoms with van der Waals surface area (Å²) in [6.07, 6.45) is 6.10. The van der Waals surface area contributed by atoms with Crippen LogP contribution in [0.4, 0.5) is 8.78 Å². The Balaban J connectivity index is 1.38. The van der Waals surface area contributed by atoms with Crippen molar-refractivity contribution in [2.24, 2.45) is 5.73 Å². The molecular formula is C30H34BrF2N3O2S. The highest BCUT2D eigenvalue weighted by Crippen LogP contribution is 2.40. The summed E-state index contributed by atoms with van der Waals surface area (Å²) in [5.74, 6) is -3.14. The van der Waals surface area contributed by atoms with Gasteiger partial charge in [-0.1, -0.05) is 40.2 Å². The van der Waals surface area contributed by atoms with E-state index in [0.29, 0.717) is 30.4 Å². The molecule has 1 saturated carbocycles. The molecule has 3 aromatic carbocycles. The van der Waals surface area contributed by atoms with Crippen LogP contribution in [0.1, 0.15) is 44.1 Å². The number of rotatable bonds is 8. The van der Waals surface area contributed by atoms with Gasteiger partial charge in [0, 0.05) is 34.1 Å². The summed E-state index contributed by atoms with van der Waals surface area (Å²) >= 11 is 4.47. The number of likely N-dealkylation sites (tertiary alicyclic amines) is 1. The first kappa shape index (κ1) is 28.3. The monoisotopic (exact) mass is 617 g/mol. The minimum atomic E-state index is -3.41. The van der Waals surface area contributed by atoms with Crippen LogP contribution in [-0.2, 0) is 10.7 Å². The lowest BCUT2D eigenvalue weighted by atomic mass is 9.98. The topological polar surface area (TPSA) is 58.8 Å². The number of hydrogen-bond donors (Lipinski definition) is 1. The molecule has 1 unspecified atom stereocenters. The molecule has 1 aliphatic carbocycles. The summed E-state index contributed by atoms with van der Waals surface area (Å²) in [6, 6.07) is 16.0. The highest BCUT2D eigenvalue weighted by atomic mass is 79.9. The Bertz CT molecular complexity index is 1300. The van der Waals surface area contributed by atoms with Crippen LogP contribution in [-0.4, -0.2) is 53.4 Å². The van der Waals surface area contributed by atoms with Crippen molar-refractivity contribution in [3.8, 4) is 5.75 Å². The van der Waals surface area contributed by atoms with Gasteiger partial charge in [-0.05, 0) is 105 Å². The van der Waals surface area contributed by atoms with Crippen LogP contribution in [0.3, 0.4) is 0 Å². The number of alkyl halides is 2. The van der Waals surface area contributed by atoms with Crippen LogP contribution in [0.2, 0.25) is 0 Å². The van der Waals surface area contributed by atoms with Gasteiger partial charge in [-0.15, -0.1) is 0 Å². The number of amides is 1. The fourth-order valence-electron chi connectivity index (χ4n) is 5.41. The highest BCUT2D eigenvalue weighted by molar-refractivity contribution is 9.10. The second-order valence-corrected chi connectivity index (χ2v) is 12.7. The van der Waals surface area contributed by atoms with E-state index >= 15 is 8.78 Å². The molecule has 3 aromatic rings. The molecule has 1 heterocycles. The molecule has 0 bridgehead atoms. The van der Waals surface area contributed by atoms with E-state index in [-0.39, 0.29) is 17.7 Å². The van der Waals surface area contributed by atoms with Gasteiger partial charge in [-0.2, -0.15) is 8.78 Å². The van der Waals surface area contributed by atoms with Crippen molar-refractivity contribution in [1.82, 2.24) is 9.21 Å². The summed E-state index contributed by atoms with van der Waals surface area (Å²) < 4.78 is 40.4. The van der Waals surface area contributed by atoms with Gasteiger partial charge in [0.1, 0.15) is 5.75 Å². The smallest absolute Gasteiger partial charge is 0.298 e. The van der Waals surface area contributed by atoms with Gasteiger partial charge >= 0.3 is 0 Å². The number of ether oxygens (including phenoxy) is 1. The van der Waals surface area contributed by atoms with Gasteiger partial charge in [0.2, 0.25) is 5.91 Å². The number of carbonyl (C=O) groups excluding carboxylic acids is 1. The maximum absolute atomic E-state index is 16.1. The third kappa shape index (κ3) is 6.59. The Morgan fingerprint density at radius 1 is 1.03 bits per heavy atom. The standard InChI is InChI=1S/C30H34BrF2N3O2S/c1-35(39-27-13-7-20-18-26(12-6-21(20)19-27)38-25-4-2-3-5-25)28(29(37)36-16-14-24(34)15-17-36)30(32,33)22-8-10-23(31)11-9-22/h6-13,18-19,24-25,28H,2-5,14-17,34H2,1H3. The molecule has 1 amide bonds. The molecule has 2 aliphatic rings. The molecule has 208 valence electrons. The third-order valence-corrected chi connectivity index (χ3v) is 9.15. The average molecular weight is 619 g/mol. The van der Waals surface area contributed by atoms with Gasteiger partial charge in [0.15, 0.2) is 6.04 Å². The number of hydrogen-bond acceptors (Lipinski definition) is 5. The largest absolute Gasteiger partial charge is 0.490 e. The summed E-state index contributed by atoms with van der Waals surface area (Å²) in [5.41, 5.74) is 5.81. The fraction of sp³-hybridized carbons (Fsp3) is 0.433. The Morgan fingerprint density at radius 2 is 1.67 bits per heavy atom. The van der Waals surface area contributed by atoms with Crippen molar-refractivity contribution in [2.45, 2.75) is 67.5 Å². The van der Waals surface area contributed by atoms with Crippen molar-refractivity contribution in [2.75, 3.05) is 20.1 Å². The molecule has 2 fully saturated rings. The number of benzene rings is 3. The molecule has 0 radical (unpaired) electrons.